The van der Waals surface area contributed by atoms with Gasteiger partial charge in [0.05, 0.1) is 17.1 Å². The van der Waals surface area contributed by atoms with E-state index in [-0.39, 0.29) is 0 Å². The Bertz CT molecular complexity index is 713. The molecule has 116 valence electrons. The van der Waals surface area contributed by atoms with E-state index >= 15 is 0 Å². The van der Waals surface area contributed by atoms with Gasteiger partial charge in [-0.15, -0.1) is 0 Å². The first-order valence-corrected chi connectivity index (χ1v) is 7.73. The monoisotopic (exact) mass is 303 g/mol. The first-order valence-electron chi connectivity index (χ1n) is 7.73. The Morgan fingerprint density at radius 1 is 0.652 bits per heavy atom. The Labute approximate surface area is 137 Å². The van der Waals surface area contributed by atoms with Crippen molar-refractivity contribution in [1.82, 2.24) is 0 Å². The second-order valence-corrected chi connectivity index (χ2v) is 5.58. The second kappa shape index (κ2) is 6.88. The molecule has 0 saturated heterocycles. The van der Waals surface area contributed by atoms with E-state index in [1.165, 1.54) is 11.1 Å². The molecule has 3 aromatic carbocycles. The SMILES string of the molecule is Cc1ccc(N(Nc2ccccc2)Nc2ccccc2)c(C)c1. The van der Waals surface area contributed by atoms with Crippen LogP contribution in [0.3, 0.4) is 0 Å². The van der Waals surface area contributed by atoms with E-state index in [0.29, 0.717) is 0 Å². The lowest BCUT2D eigenvalue weighted by molar-refractivity contribution is 1.05. The standard InChI is InChI=1S/C20H21N3/c1-16-13-14-20(17(2)15-16)23(21-18-9-5-3-6-10-18)22-19-11-7-4-8-12-19/h3-15,21-22H,1-2H3. The summed E-state index contributed by atoms with van der Waals surface area (Å²) in [5.74, 6) is 0. The Morgan fingerprint density at radius 3 is 1.65 bits per heavy atom. The van der Waals surface area contributed by atoms with E-state index < -0.39 is 0 Å². The molecule has 0 saturated carbocycles. The van der Waals surface area contributed by atoms with E-state index in [1.54, 1.807) is 0 Å². The van der Waals surface area contributed by atoms with Gasteiger partial charge in [-0.1, -0.05) is 54.1 Å². The highest BCUT2D eigenvalue weighted by atomic mass is 15.7. The van der Waals surface area contributed by atoms with Crippen molar-refractivity contribution < 1.29 is 0 Å². The summed E-state index contributed by atoms with van der Waals surface area (Å²) in [7, 11) is 0. The third kappa shape index (κ3) is 3.83. The summed E-state index contributed by atoms with van der Waals surface area (Å²) in [4.78, 5) is 0. The molecular formula is C20H21N3. The van der Waals surface area contributed by atoms with Crippen molar-refractivity contribution in [2.45, 2.75) is 13.8 Å². The van der Waals surface area contributed by atoms with Gasteiger partial charge >= 0.3 is 0 Å². The molecule has 0 aliphatic rings. The molecule has 0 fully saturated rings. The number of aryl methyl sites for hydroxylation is 2. The van der Waals surface area contributed by atoms with Crippen LogP contribution in [0.25, 0.3) is 0 Å². The number of rotatable bonds is 5. The lowest BCUT2D eigenvalue weighted by Gasteiger charge is -2.29. The van der Waals surface area contributed by atoms with Gasteiger partial charge in [0.1, 0.15) is 0 Å². The number of nitrogens with one attached hydrogen (secondary N) is 2. The van der Waals surface area contributed by atoms with Crippen LogP contribution in [0.4, 0.5) is 17.1 Å². The molecule has 3 nitrogen and oxygen atoms in total. The normalized spacial score (nSPS) is 10.2. The van der Waals surface area contributed by atoms with Gasteiger partial charge in [0, 0.05) is 0 Å². The van der Waals surface area contributed by atoms with Gasteiger partial charge in [-0.3, -0.25) is 10.9 Å². The van der Waals surface area contributed by atoms with Gasteiger partial charge < -0.3 is 0 Å². The van der Waals surface area contributed by atoms with Gasteiger partial charge in [-0.05, 0) is 49.7 Å². The molecule has 0 amide bonds. The highest BCUT2D eigenvalue weighted by Gasteiger charge is 2.10. The van der Waals surface area contributed by atoms with Crippen LogP contribution in [0.5, 0.6) is 0 Å². The van der Waals surface area contributed by atoms with Crippen LogP contribution in [0, 0.1) is 13.8 Å². The fourth-order valence-electron chi connectivity index (χ4n) is 2.49. The summed E-state index contributed by atoms with van der Waals surface area (Å²) in [5, 5.41) is 1.96. The molecule has 3 aromatic rings. The molecule has 3 rings (SSSR count). The number of hydrazine groups is 2. The third-order valence-corrected chi connectivity index (χ3v) is 3.62. The maximum Gasteiger partial charge on any atom is 0.0840 e. The zero-order valence-electron chi connectivity index (χ0n) is 13.5. The van der Waals surface area contributed by atoms with Gasteiger partial charge in [0.2, 0.25) is 0 Å². The topological polar surface area (TPSA) is 27.3 Å². The van der Waals surface area contributed by atoms with Crippen molar-refractivity contribution in [2.24, 2.45) is 0 Å². The molecule has 0 spiro atoms. The average Bonchev–Trinajstić information content (AvgIpc) is 2.56. The number of hydrogen-bond acceptors (Lipinski definition) is 3. The molecule has 0 unspecified atom stereocenters. The Balaban J connectivity index is 1.92. The van der Waals surface area contributed by atoms with Crippen molar-refractivity contribution in [3.8, 4) is 0 Å². The highest BCUT2D eigenvalue weighted by molar-refractivity contribution is 5.64. The molecule has 0 radical (unpaired) electrons. The highest BCUT2D eigenvalue weighted by Crippen LogP contribution is 2.23. The van der Waals surface area contributed by atoms with Crippen molar-refractivity contribution >= 4 is 17.1 Å². The van der Waals surface area contributed by atoms with Crippen molar-refractivity contribution in [1.29, 1.82) is 0 Å². The fourth-order valence-corrected chi connectivity index (χ4v) is 2.49. The molecular weight excluding hydrogens is 282 g/mol. The summed E-state index contributed by atoms with van der Waals surface area (Å²) < 4.78 is 0. The molecule has 0 aromatic heterocycles. The summed E-state index contributed by atoms with van der Waals surface area (Å²) in [6.45, 7) is 4.23. The molecule has 0 aliphatic carbocycles. The molecule has 3 heteroatoms. The number of anilines is 3. The molecule has 0 heterocycles. The number of benzene rings is 3. The predicted molar refractivity (Wildman–Crippen MR) is 98.5 cm³/mol. The van der Waals surface area contributed by atoms with Crippen LogP contribution in [0.15, 0.2) is 78.9 Å². The molecule has 23 heavy (non-hydrogen) atoms. The number of para-hydroxylation sites is 2. The minimum Gasteiger partial charge on any atom is -0.280 e. The summed E-state index contributed by atoms with van der Waals surface area (Å²) >= 11 is 0. The van der Waals surface area contributed by atoms with E-state index in [2.05, 4.69) is 42.9 Å². The van der Waals surface area contributed by atoms with Gasteiger partial charge in [-0.2, -0.15) is 5.12 Å². The molecule has 0 atom stereocenters. The minimum atomic E-state index is 1.02. The van der Waals surface area contributed by atoms with E-state index in [4.69, 9.17) is 0 Å². The van der Waals surface area contributed by atoms with Crippen LogP contribution in [0.2, 0.25) is 0 Å². The minimum absolute atomic E-state index is 1.02. The van der Waals surface area contributed by atoms with Gasteiger partial charge in [-0.25, -0.2) is 0 Å². The third-order valence-electron chi connectivity index (χ3n) is 3.62. The smallest absolute Gasteiger partial charge is 0.0840 e. The van der Waals surface area contributed by atoms with Crippen LogP contribution in [-0.4, -0.2) is 0 Å². The van der Waals surface area contributed by atoms with Crippen LogP contribution < -0.4 is 16.0 Å². The maximum atomic E-state index is 3.43. The lowest BCUT2D eigenvalue weighted by atomic mass is 10.1. The van der Waals surface area contributed by atoms with Gasteiger partial charge in [0.15, 0.2) is 0 Å². The zero-order chi connectivity index (χ0) is 16.1. The second-order valence-electron chi connectivity index (χ2n) is 5.58. The van der Waals surface area contributed by atoms with Crippen molar-refractivity contribution in [3.63, 3.8) is 0 Å². The Kier molecular flexibility index (Phi) is 4.48. The first kappa shape index (κ1) is 15.0. The molecule has 0 bridgehead atoms. The van der Waals surface area contributed by atoms with Crippen LogP contribution in [0.1, 0.15) is 11.1 Å². The van der Waals surface area contributed by atoms with Gasteiger partial charge in [0.25, 0.3) is 0 Å². The van der Waals surface area contributed by atoms with Crippen LogP contribution in [-0.2, 0) is 0 Å². The maximum absolute atomic E-state index is 3.43. The average molecular weight is 303 g/mol. The molecule has 0 aliphatic heterocycles. The lowest BCUT2D eigenvalue weighted by Crippen LogP contribution is -2.36. The predicted octanol–water partition coefficient (Wildman–Crippen LogP) is 5.16. The number of hydrogen-bond donors (Lipinski definition) is 2. The van der Waals surface area contributed by atoms with E-state index in [9.17, 15) is 0 Å². The summed E-state index contributed by atoms with van der Waals surface area (Å²) in [5.41, 5.74) is 12.4. The van der Waals surface area contributed by atoms with Crippen molar-refractivity contribution in [3.05, 3.63) is 90.0 Å². The Hall–Kier alpha value is -2.94. The van der Waals surface area contributed by atoms with Crippen molar-refractivity contribution in [2.75, 3.05) is 16.0 Å². The van der Waals surface area contributed by atoms with E-state index in [0.717, 1.165) is 17.1 Å². The first-order chi connectivity index (χ1) is 11.2. The Morgan fingerprint density at radius 2 is 1.17 bits per heavy atom. The van der Waals surface area contributed by atoms with E-state index in [1.807, 2.05) is 65.8 Å². The fraction of sp³-hybridized carbons (Fsp3) is 0.100. The summed E-state index contributed by atoms with van der Waals surface area (Å²) in [6, 6.07) is 26.7. The number of nitrogens with zero attached hydrogens (tertiary/aromatic N) is 1. The zero-order valence-corrected chi connectivity index (χ0v) is 13.5. The summed E-state index contributed by atoms with van der Waals surface area (Å²) in [6.07, 6.45) is 0. The largest absolute Gasteiger partial charge is 0.280 e. The quantitative estimate of drug-likeness (QED) is 0.637. The van der Waals surface area contributed by atoms with Crippen LogP contribution >= 0.6 is 0 Å². The molecule has 2 N–H and O–H groups in total.